The highest BCUT2D eigenvalue weighted by Crippen LogP contribution is 2.26. The van der Waals surface area contributed by atoms with E-state index in [2.05, 4.69) is 17.2 Å². The minimum absolute atomic E-state index is 0.0811. The van der Waals surface area contributed by atoms with Crippen LogP contribution in [0.5, 0.6) is 0 Å². The fourth-order valence-corrected chi connectivity index (χ4v) is 3.07. The number of carbonyl (C=O) groups is 3. The average Bonchev–Trinajstić information content (AvgIpc) is 2.69. The van der Waals surface area contributed by atoms with Crippen molar-refractivity contribution in [2.75, 3.05) is 14.1 Å². The molecule has 7 nitrogen and oxygen atoms in total. The second-order valence-corrected chi connectivity index (χ2v) is 6.94. The van der Waals surface area contributed by atoms with Gasteiger partial charge < -0.3 is 20.6 Å². The lowest BCUT2D eigenvalue weighted by atomic mass is 9.80. The van der Waals surface area contributed by atoms with E-state index in [0.717, 1.165) is 24.7 Å². The van der Waals surface area contributed by atoms with E-state index in [0.29, 0.717) is 29.4 Å². The van der Waals surface area contributed by atoms with Crippen LogP contribution < -0.4 is 10.6 Å². The maximum atomic E-state index is 11.8. The van der Waals surface area contributed by atoms with Gasteiger partial charge in [-0.05, 0) is 31.5 Å². The summed E-state index contributed by atoms with van der Waals surface area (Å²) in [5.74, 6) is -0.982. The number of nitrogens with zero attached hydrogens (tertiary/aromatic N) is 1. The highest BCUT2D eigenvalue weighted by Gasteiger charge is 2.32. The minimum atomic E-state index is -0.651. The Bertz CT molecular complexity index is 824. The standard InChI is InChI=1S/C16H16N2O2.C6H11NO2/c1-12-15(16(20)17-2)8-14(11-19)10-18(12)9-13-6-4-3-5-7-13;1-7-5-2-4(3-5)6(8)9/h3-8,10-11H,1,9H2,2H3,(H,17,20);4-5,7H,2-3H2,1H3,(H,8,9). The zero-order valence-electron chi connectivity index (χ0n) is 16.7. The van der Waals surface area contributed by atoms with Crippen molar-refractivity contribution in [2.24, 2.45) is 5.92 Å². The third kappa shape index (κ3) is 5.89. The molecule has 3 rings (SSSR count). The van der Waals surface area contributed by atoms with Gasteiger partial charge in [-0.3, -0.25) is 14.4 Å². The molecule has 7 heteroatoms. The smallest absolute Gasteiger partial charge is 0.306 e. The number of amides is 1. The van der Waals surface area contributed by atoms with Gasteiger partial charge >= 0.3 is 5.97 Å². The van der Waals surface area contributed by atoms with Gasteiger partial charge in [-0.25, -0.2) is 0 Å². The Morgan fingerprint density at radius 1 is 1.24 bits per heavy atom. The molecule has 1 aromatic rings. The van der Waals surface area contributed by atoms with Crippen LogP contribution in [-0.4, -0.2) is 48.3 Å². The quantitative estimate of drug-likeness (QED) is 0.634. The monoisotopic (exact) mass is 397 g/mol. The van der Waals surface area contributed by atoms with Crippen LogP contribution >= 0.6 is 0 Å². The van der Waals surface area contributed by atoms with E-state index in [9.17, 15) is 14.4 Å². The summed E-state index contributed by atoms with van der Waals surface area (Å²) in [5.41, 5.74) is 2.52. The second kappa shape index (κ2) is 10.4. The highest BCUT2D eigenvalue weighted by molar-refractivity contribution is 6.00. The zero-order chi connectivity index (χ0) is 21.4. The summed E-state index contributed by atoms with van der Waals surface area (Å²) in [6, 6.07) is 10.3. The Morgan fingerprint density at radius 2 is 1.90 bits per heavy atom. The van der Waals surface area contributed by atoms with Gasteiger partial charge in [0.25, 0.3) is 5.91 Å². The number of hydrogen-bond acceptors (Lipinski definition) is 5. The molecule has 1 heterocycles. The second-order valence-electron chi connectivity index (χ2n) is 6.94. The summed E-state index contributed by atoms with van der Waals surface area (Å²) < 4.78 is 0. The van der Waals surface area contributed by atoms with E-state index in [1.807, 2.05) is 42.3 Å². The molecule has 0 bridgehead atoms. The van der Waals surface area contributed by atoms with Crippen LogP contribution in [0.15, 0.2) is 66.0 Å². The molecular formula is C22H27N3O4. The van der Waals surface area contributed by atoms with Gasteiger partial charge in [-0.15, -0.1) is 0 Å². The van der Waals surface area contributed by atoms with Crippen molar-refractivity contribution in [1.29, 1.82) is 0 Å². The molecule has 1 aromatic carbocycles. The van der Waals surface area contributed by atoms with Gasteiger partial charge in [0, 0.05) is 37.1 Å². The fourth-order valence-electron chi connectivity index (χ4n) is 3.07. The Kier molecular flexibility index (Phi) is 7.91. The van der Waals surface area contributed by atoms with Crippen molar-refractivity contribution in [3.8, 4) is 0 Å². The number of carboxylic acid groups (broad SMARTS) is 1. The molecule has 0 aromatic heterocycles. The molecule has 0 saturated heterocycles. The van der Waals surface area contributed by atoms with Gasteiger partial charge in [0.05, 0.1) is 11.5 Å². The molecule has 29 heavy (non-hydrogen) atoms. The minimum Gasteiger partial charge on any atom is -0.481 e. The number of carbonyl (C=O) groups excluding carboxylic acids is 2. The summed E-state index contributed by atoms with van der Waals surface area (Å²) in [5, 5.41) is 14.0. The van der Waals surface area contributed by atoms with E-state index >= 15 is 0 Å². The van der Waals surface area contributed by atoms with Crippen LogP contribution in [0.1, 0.15) is 18.4 Å². The van der Waals surface area contributed by atoms with E-state index < -0.39 is 5.97 Å². The molecule has 0 radical (unpaired) electrons. The lowest BCUT2D eigenvalue weighted by Gasteiger charge is -2.31. The van der Waals surface area contributed by atoms with Crippen LogP contribution in [-0.2, 0) is 20.9 Å². The largest absolute Gasteiger partial charge is 0.481 e. The van der Waals surface area contributed by atoms with Crippen molar-refractivity contribution in [1.82, 2.24) is 15.5 Å². The SMILES string of the molecule is C=C1C(C(=O)NC)=CC(C=O)=CN1Cc1ccccc1.CNC1CC(C(=O)O)C1. The molecular weight excluding hydrogens is 370 g/mol. The number of aliphatic carboxylic acids is 1. The predicted octanol–water partition coefficient (Wildman–Crippen LogP) is 1.84. The van der Waals surface area contributed by atoms with Crippen LogP contribution in [0.25, 0.3) is 0 Å². The summed E-state index contributed by atoms with van der Waals surface area (Å²) in [7, 11) is 3.42. The molecule has 1 saturated carbocycles. The van der Waals surface area contributed by atoms with Crippen LogP contribution in [0.4, 0.5) is 0 Å². The van der Waals surface area contributed by atoms with Crippen LogP contribution in [0, 0.1) is 5.92 Å². The normalized spacial score (nSPS) is 20.3. The van der Waals surface area contributed by atoms with Crippen molar-refractivity contribution in [3.63, 3.8) is 0 Å². The number of rotatable bonds is 6. The summed E-state index contributed by atoms with van der Waals surface area (Å²) in [6.07, 6.45) is 5.58. The van der Waals surface area contributed by atoms with Crippen molar-refractivity contribution in [2.45, 2.75) is 25.4 Å². The molecule has 2 aliphatic rings. The molecule has 0 spiro atoms. The number of allylic oxidation sites excluding steroid dienone is 2. The molecule has 0 atom stereocenters. The molecule has 1 amide bonds. The summed E-state index contributed by atoms with van der Waals surface area (Å²) >= 11 is 0. The first kappa shape index (κ1) is 22.1. The molecule has 154 valence electrons. The lowest BCUT2D eigenvalue weighted by molar-refractivity contribution is -0.145. The number of aldehydes is 1. The molecule has 0 unspecified atom stereocenters. The van der Waals surface area contributed by atoms with E-state index in [1.165, 1.54) is 0 Å². The van der Waals surface area contributed by atoms with Crippen molar-refractivity contribution in [3.05, 3.63) is 71.6 Å². The fraction of sp³-hybridized carbons (Fsp3) is 0.318. The van der Waals surface area contributed by atoms with E-state index in [1.54, 1.807) is 19.3 Å². The summed E-state index contributed by atoms with van der Waals surface area (Å²) in [6.45, 7) is 4.51. The number of carboxylic acids is 1. The Hall–Kier alpha value is -3.19. The maximum absolute atomic E-state index is 11.8. The number of benzene rings is 1. The van der Waals surface area contributed by atoms with E-state index in [-0.39, 0.29) is 11.8 Å². The third-order valence-corrected chi connectivity index (χ3v) is 4.97. The molecule has 1 aliphatic heterocycles. The number of likely N-dealkylation sites (N-methyl/N-ethyl adjacent to an activating group) is 1. The Balaban J connectivity index is 0.000000278. The highest BCUT2D eigenvalue weighted by atomic mass is 16.4. The van der Waals surface area contributed by atoms with Crippen molar-refractivity contribution >= 4 is 18.2 Å². The summed E-state index contributed by atoms with van der Waals surface area (Å²) in [4.78, 5) is 34.9. The van der Waals surface area contributed by atoms with Gasteiger partial charge in [-0.1, -0.05) is 36.9 Å². The first-order chi connectivity index (χ1) is 13.9. The van der Waals surface area contributed by atoms with Crippen LogP contribution in [0.2, 0.25) is 0 Å². The third-order valence-electron chi connectivity index (χ3n) is 4.97. The lowest BCUT2D eigenvalue weighted by Crippen LogP contribution is -2.42. The van der Waals surface area contributed by atoms with Gasteiger partial charge in [0.15, 0.2) is 6.29 Å². The number of nitrogens with one attached hydrogen (secondary N) is 2. The Morgan fingerprint density at radius 3 is 2.41 bits per heavy atom. The average molecular weight is 397 g/mol. The topological polar surface area (TPSA) is 98.7 Å². The Labute approximate surface area is 170 Å². The molecule has 1 fully saturated rings. The first-order valence-electron chi connectivity index (χ1n) is 9.40. The molecule has 1 aliphatic carbocycles. The zero-order valence-corrected chi connectivity index (χ0v) is 16.7. The van der Waals surface area contributed by atoms with Crippen molar-refractivity contribution < 1.29 is 19.5 Å². The molecule has 3 N–H and O–H groups in total. The van der Waals surface area contributed by atoms with E-state index in [4.69, 9.17) is 5.11 Å². The predicted molar refractivity (Wildman–Crippen MR) is 111 cm³/mol. The first-order valence-corrected chi connectivity index (χ1v) is 9.40. The van der Waals surface area contributed by atoms with Gasteiger partial charge in [0.1, 0.15) is 0 Å². The maximum Gasteiger partial charge on any atom is 0.306 e. The van der Waals surface area contributed by atoms with Gasteiger partial charge in [0.2, 0.25) is 0 Å². The number of hydrogen-bond donors (Lipinski definition) is 3. The van der Waals surface area contributed by atoms with Gasteiger partial charge in [-0.2, -0.15) is 0 Å². The van der Waals surface area contributed by atoms with Crippen LogP contribution in [0.3, 0.4) is 0 Å².